The van der Waals surface area contributed by atoms with E-state index in [4.69, 9.17) is 14.2 Å². The van der Waals surface area contributed by atoms with E-state index < -0.39 is 35.6 Å². The Balaban J connectivity index is 1.74. The van der Waals surface area contributed by atoms with Crippen LogP contribution in [0.25, 0.3) is 0 Å². The molecule has 2 heterocycles. The highest BCUT2D eigenvalue weighted by molar-refractivity contribution is 5.76. The molecule has 4 rings (SSSR count). The van der Waals surface area contributed by atoms with Gasteiger partial charge in [-0.15, -0.1) is 0 Å². The van der Waals surface area contributed by atoms with Crippen LogP contribution in [0.4, 0.5) is 0 Å². The Morgan fingerprint density at radius 2 is 1.81 bits per heavy atom. The number of rotatable bonds is 4. The number of likely N-dealkylation sites (tertiary alicyclic amines) is 1. The van der Waals surface area contributed by atoms with Gasteiger partial charge in [0.2, 0.25) is 0 Å². The highest BCUT2D eigenvalue weighted by atomic mass is 16.6. The molecule has 2 aliphatic carbocycles. The molecule has 0 aromatic rings. The van der Waals surface area contributed by atoms with Crippen molar-refractivity contribution in [2.45, 2.75) is 77.8 Å². The van der Waals surface area contributed by atoms with Gasteiger partial charge in [0.05, 0.1) is 12.0 Å². The van der Waals surface area contributed by atoms with Crippen LogP contribution >= 0.6 is 0 Å². The van der Waals surface area contributed by atoms with Crippen LogP contribution in [-0.4, -0.2) is 72.0 Å². The van der Waals surface area contributed by atoms with Crippen molar-refractivity contribution < 1.29 is 33.7 Å². The second-order valence-corrected chi connectivity index (χ2v) is 10.2. The largest absolute Gasteiger partial charge is 0.462 e. The maximum Gasteiger partial charge on any atom is 0.311 e. The summed E-state index contributed by atoms with van der Waals surface area (Å²) in [7, 11) is 0. The Kier molecular flexibility index (Phi) is 6.07. The first-order valence-corrected chi connectivity index (χ1v) is 11.6. The quantitative estimate of drug-likeness (QED) is 0.522. The Morgan fingerprint density at radius 1 is 1.16 bits per heavy atom. The molecule has 1 N–H and O–H groups in total. The first-order chi connectivity index (χ1) is 14.6. The highest BCUT2D eigenvalue weighted by Crippen LogP contribution is 2.59. The fourth-order valence-corrected chi connectivity index (χ4v) is 7.03. The summed E-state index contributed by atoms with van der Waals surface area (Å²) >= 11 is 0. The van der Waals surface area contributed by atoms with Gasteiger partial charge in [0, 0.05) is 44.1 Å². The molecule has 0 radical (unpaired) electrons. The zero-order chi connectivity index (χ0) is 22.5. The van der Waals surface area contributed by atoms with Gasteiger partial charge in [-0.25, -0.2) is 0 Å². The number of aliphatic hydroxyl groups is 1. The van der Waals surface area contributed by atoms with Gasteiger partial charge in [0.15, 0.2) is 0 Å². The van der Waals surface area contributed by atoms with Gasteiger partial charge in [-0.3, -0.25) is 14.4 Å². The van der Waals surface area contributed by atoms with E-state index in [2.05, 4.69) is 4.90 Å². The Morgan fingerprint density at radius 3 is 2.42 bits per heavy atom. The number of hydrogen-bond acceptors (Lipinski definition) is 8. The fourth-order valence-electron chi connectivity index (χ4n) is 7.03. The molecule has 0 spiro atoms. The predicted molar refractivity (Wildman–Crippen MR) is 110 cm³/mol. The summed E-state index contributed by atoms with van der Waals surface area (Å²) in [5, 5.41) is 11.2. The van der Waals surface area contributed by atoms with Gasteiger partial charge in [-0.1, -0.05) is 13.8 Å². The van der Waals surface area contributed by atoms with Gasteiger partial charge in [-0.2, -0.15) is 0 Å². The molecule has 0 unspecified atom stereocenters. The number of esters is 3. The molecule has 8 nitrogen and oxygen atoms in total. The van der Waals surface area contributed by atoms with Crippen molar-refractivity contribution in [1.29, 1.82) is 0 Å². The van der Waals surface area contributed by atoms with Crippen molar-refractivity contribution in [3.63, 3.8) is 0 Å². The van der Waals surface area contributed by atoms with E-state index in [0.29, 0.717) is 19.4 Å². The first-order valence-electron chi connectivity index (χ1n) is 11.6. The summed E-state index contributed by atoms with van der Waals surface area (Å²) in [6, 6.07) is 0. The molecule has 0 aromatic heterocycles. The Hall–Kier alpha value is -1.67. The predicted octanol–water partition coefficient (Wildman–Crippen LogP) is 1.53. The van der Waals surface area contributed by atoms with Gasteiger partial charge in [0.25, 0.3) is 0 Å². The molecule has 2 saturated heterocycles. The maximum atomic E-state index is 12.9. The van der Waals surface area contributed by atoms with E-state index in [1.807, 2.05) is 13.8 Å². The van der Waals surface area contributed by atoms with E-state index in [0.717, 1.165) is 25.9 Å². The minimum absolute atomic E-state index is 0.0119. The molecule has 2 aliphatic heterocycles. The van der Waals surface area contributed by atoms with E-state index in [1.54, 1.807) is 0 Å². The third-order valence-corrected chi connectivity index (χ3v) is 8.20. The van der Waals surface area contributed by atoms with Crippen LogP contribution in [0.3, 0.4) is 0 Å². The van der Waals surface area contributed by atoms with Gasteiger partial charge in [0.1, 0.15) is 18.3 Å². The van der Waals surface area contributed by atoms with E-state index in [9.17, 15) is 19.5 Å². The molecule has 2 saturated carbocycles. The molecule has 0 aromatic carbocycles. The Labute approximate surface area is 183 Å². The summed E-state index contributed by atoms with van der Waals surface area (Å²) in [6.45, 7) is 9.19. The lowest BCUT2D eigenvalue weighted by Gasteiger charge is -2.44. The summed E-state index contributed by atoms with van der Waals surface area (Å²) in [5.74, 6) is -2.00. The normalized spacial score (nSPS) is 44.9. The second-order valence-electron chi connectivity index (χ2n) is 10.2. The Bertz CT molecular complexity index is 735. The molecular weight excluding hydrogens is 402 g/mol. The van der Waals surface area contributed by atoms with Crippen molar-refractivity contribution in [2.24, 2.45) is 29.1 Å². The zero-order valence-corrected chi connectivity index (χ0v) is 18.9. The molecule has 9 atom stereocenters. The summed E-state index contributed by atoms with van der Waals surface area (Å²) in [4.78, 5) is 39.2. The van der Waals surface area contributed by atoms with E-state index in [1.165, 1.54) is 13.8 Å². The molecule has 8 heteroatoms. The van der Waals surface area contributed by atoms with Crippen molar-refractivity contribution in [2.75, 3.05) is 19.6 Å². The van der Waals surface area contributed by atoms with Crippen LogP contribution in [-0.2, 0) is 28.6 Å². The molecule has 0 amide bonds. The van der Waals surface area contributed by atoms with Crippen LogP contribution in [0.5, 0.6) is 0 Å². The monoisotopic (exact) mass is 437 g/mol. The fraction of sp³-hybridized carbons (Fsp3) is 0.870. The smallest absolute Gasteiger partial charge is 0.311 e. The van der Waals surface area contributed by atoms with Crippen LogP contribution < -0.4 is 0 Å². The lowest BCUT2D eigenvalue weighted by Crippen LogP contribution is -2.53. The van der Waals surface area contributed by atoms with Crippen molar-refractivity contribution in [1.82, 2.24) is 4.90 Å². The molecule has 4 fully saturated rings. The molecule has 0 bridgehead atoms. The summed E-state index contributed by atoms with van der Waals surface area (Å²) < 4.78 is 17.4. The van der Waals surface area contributed by atoms with Gasteiger partial charge < -0.3 is 24.2 Å². The average molecular weight is 438 g/mol. The second kappa shape index (κ2) is 8.35. The lowest BCUT2D eigenvalue weighted by atomic mass is 9.66. The minimum Gasteiger partial charge on any atom is -0.462 e. The third-order valence-electron chi connectivity index (χ3n) is 8.20. The number of ether oxygens (including phenoxy) is 3. The SMILES string of the molecule is CC(=O)O[C@H]1C[C@H](O)[C@]2(C)[C@@H]1[C@H](C)C[C@@H]1OC(=O)[C@@H](CN3CCCC3)[C@H]1[C@@H]2OC(C)=O. The number of carbonyl (C=O) groups is 3. The maximum absolute atomic E-state index is 12.9. The third kappa shape index (κ3) is 3.86. The first kappa shape index (κ1) is 22.5. The summed E-state index contributed by atoms with van der Waals surface area (Å²) in [6.07, 6.45) is 0.756. The van der Waals surface area contributed by atoms with Crippen LogP contribution in [0.15, 0.2) is 0 Å². The van der Waals surface area contributed by atoms with Crippen LogP contribution in [0.1, 0.15) is 53.4 Å². The van der Waals surface area contributed by atoms with Crippen molar-refractivity contribution >= 4 is 17.9 Å². The highest BCUT2D eigenvalue weighted by Gasteiger charge is 2.67. The minimum atomic E-state index is -0.845. The van der Waals surface area contributed by atoms with Gasteiger partial charge in [-0.05, 0) is 38.3 Å². The molecule has 174 valence electrons. The average Bonchev–Trinajstić information content (AvgIpc) is 3.31. The van der Waals surface area contributed by atoms with Crippen molar-refractivity contribution in [3.8, 4) is 0 Å². The lowest BCUT2D eigenvalue weighted by molar-refractivity contribution is -0.174. The zero-order valence-electron chi connectivity index (χ0n) is 18.9. The van der Waals surface area contributed by atoms with E-state index in [-0.39, 0.29) is 35.8 Å². The van der Waals surface area contributed by atoms with Gasteiger partial charge >= 0.3 is 17.9 Å². The standard InChI is InChI=1S/C23H35NO7/c1-12-9-16-19(15(22(28)31-16)11-24-7-5-6-8-24)21(30-14(3)26)23(4)18(27)10-17(20(12)23)29-13(2)25/h12,15-21,27H,5-11H2,1-4H3/t12-,15+,16+,17+,18+,19-,20-,21+,23-/m1/s1. The number of hydrogen-bond donors (Lipinski definition) is 1. The van der Waals surface area contributed by atoms with Crippen LogP contribution in [0, 0.1) is 29.1 Å². The van der Waals surface area contributed by atoms with Crippen molar-refractivity contribution in [3.05, 3.63) is 0 Å². The number of aliphatic hydroxyl groups excluding tert-OH is 1. The molecular formula is C23H35NO7. The number of nitrogens with zero attached hydrogens (tertiary/aromatic N) is 1. The number of fused-ring (bicyclic) bond motifs is 2. The summed E-state index contributed by atoms with van der Waals surface area (Å²) in [5.41, 5.74) is -0.845. The number of carbonyl (C=O) groups excluding carboxylic acids is 3. The van der Waals surface area contributed by atoms with E-state index >= 15 is 0 Å². The van der Waals surface area contributed by atoms with Crippen LogP contribution in [0.2, 0.25) is 0 Å². The topological polar surface area (TPSA) is 102 Å². The molecule has 4 aliphatic rings. The molecule has 31 heavy (non-hydrogen) atoms.